The Bertz CT molecular complexity index is 246. The number of hydrogen-bond donors (Lipinski definition) is 1. The van der Waals surface area contributed by atoms with Crippen LogP contribution < -0.4 is 5.32 Å². The van der Waals surface area contributed by atoms with Gasteiger partial charge in [0.2, 0.25) is 0 Å². The van der Waals surface area contributed by atoms with Gasteiger partial charge in [0, 0.05) is 12.4 Å². The topological polar surface area (TPSA) is 24.9 Å². The summed E-state index contributed by atoms with van der Waals surface area (Å²) in [5.41, 5.74) is 2.69. The maximum Gasteiger partial charge on any atom is 0.0302 e. The molecule has 0 atom stereocenters. The third-order valence-electron chi connectivity index (χ3n) is 2.15. The van der Waals surface area contributed by atoms with E-state index in [0.717, 1.165) is 19.5 Å². The van der Waals surface area contributed by atoms with E-state index >= 15 is 0 Å². The Kier molecular flexibility index (Phi) is 4.47. The lowest BCUT2D eigenvalue weighted by atomic mass is 10.1. The summed E-state index contributed by atoms with van der Waals surface area (Å²) in [5.74, 6) is 0. The maximum atomic E-state index is 4.12. The van der Waals surface area contributed by atoms with Gasteiger partial charge in [0.05, 0.1) is 0 Å². The fraction of sp³-hybridized carbons (Fsp3) is 0.545. The molecule has 0 amide bonds. The Morgan fingerprint density at radius 2 is 2.23 bits per heavy atom. The highest BCUT2D eigenvalue weighted by atomic mass is 14.8. The third kappa shape index (κ3) is 3.55. The molecule has 0 radical (unpaired) electrons. The average molecular weight is 178 g/mol. The van der Waals surface area contributed by atoms with E-state index in [0.29, 0.717) is 0 Å². The van der Waals surface area contributed by atoms with Crippen molar-refractivity contribution in [1.82, 2.24) is 10.3 Å². The summed E-state index contributed by atoms with van der Waals surface area (Å²) in [7, 11) is 0. The van der Waals surface area contributed by atoms with E-state index in [4.69, 9.17) is 0 Å². The highest BCUT2D eigenvalue weighted by Gasteiger charge is 1.96. The summed E-state index contributed by atoms with van der Waals surface area (Å²) < 4.78 is 0. The molecule has 0 aliphatic carbocycles. The molecule has 0 aliphatic heterocycles. The van der Waals surface area contributed by atoms with Crippen molar-refractivity contribution < 1.29 is 0 Å². The first-order valence-corrected chi connectivity index (χ1v) is 4.94. The van der Waals surface area contributed by atoms with Gasteiger partial charge in [-0.3, -0.25) is 4.98 Å². The first kappa shape index (κ1) is 10.2. The van der Waals surface area contributed by atoms with E-state index in [1.165, 1.54) is 17.5 Å². The SMILES string of the molecule is CCCNCCc1cnccc1C. The van der Waals surface area contributed by atoms with E-state index < -0.39 is 0 Å². The molecule has 13 heavy (non-hydrogen) atoms. The quantitative estimate of drug-likeness (QED) is 0.697. The second-order valence-electron chi connectivity index (χ2n) is 3.30. The zero-order chi connectivity index (χ0) is 9.52. The molecular formula is C11H18N2. The van der Waals surface area contributed by atoms with Crippen LogP contribution in [-0.2, 0) is 6.42 Å². The van der Waals surface area contributed by atoms with Gasteiger partial charge in [-0.25, -0.2) is 0 Å². The van der Waals surface area contributed by atoms with Crippen molar-refractivity contribution in [3.8, 4) is 0 Å². The van der Waals surface area contributed by atoms with Crippen molar-refractivity contribution in [2.45, 2.75) is 26.7 Å². The van der Waals surface area contributed by atoms with Gasteiger partial charge in [-0.05, 0) is 50.0 Å². The minimum atomic E-state index is 1.06. The Hall–Kier alpha value is -0.890. The third-order valence-corrected chi connectivity index (χ3v) is 2.15. The molecule has 0 fully saturated rings. The van der Waals surface area contributed by atoms with Crippen LogP contribution >= 0.6 is 0 Å². The molecule has 1 N–H and O–H groups in total. The lowest BCUT2D eigenvalue weighted by molar-refractivity contribution is 0.669. The lowest BCUT2D eigenvalue weighted by Crippen LogP contribution is -2.18. The maximum absolute atomic E-state index is 4.12. The molecule has 0 unspecified atom stereocenters. The Labute approximate surface area is 80.4 Å². The highest BCUT2D eigenvalue weighted by molar-refractivity contribution is 5.21. The first-order chi connectivity index (χ1) is 6.34. The molecular weight excluding hydrogens is 160 g/mol. The van der Waals surface area contributed by atoms with Crippen LogP contribution in [0.5, 0.6) is 0 Å². The van der Waals surface area contributed by atoms with Crippen molar-refractivity contribution in [3.63, 3.8) is 0 Å². The van der Waals surface area contributed by atoms with Crippen LogP contribution in [0.15, 0.2) is 18.5 Å². The number of hydrogen-bond acceptors (Lipinski definition) is 2. The zero-order valence-electron chi connectivity index (χ0n) is 8.51. The monoisotopic (exact) mass is 178 g/mol. The summed E-state index contributed by atoms with van der Waals surface area (Å²) in [6.07, 6.45) is 6.09. The van der Waals surface area contributed by atoms with Crippen molar-refractivity contribution in [2.75, 3.05) is 13.1 Å². The number of aryl methyl sites for hydroxylation is 1. The molecule has 2 heteroatoms. The zero-order valence-corrected chi connectivity index (χ0v) is 8.51. The van der Waals surface area contributed by atoms with Crippen molar-refractivity contribution >= 4 is 0 Å². The normalized spacial score (nSPS) is 10.3. The van der Waals surface area contributed by atoms with Crippen molar-refractivity contribution in [3.05, 3.63) is 29.6 Å². The Balaban J connectivity index is 2.32. The smallest absolute Gasteiger partial charge is 0.0302 e. The van der Waals surface area contributed by atoms with E-state index in [9.17, 15) is 0 Å². The van der Waals surface area contributed by atoms with Crippen LogP contribution in [0.2, 0.25) is 0 Å². The average Bonchev–Trinajstić information content (AvgIpc) is 2.15. The number of nitrogens with one attached hydrogen (secondary N) is 1. The van der Waals surface area contributed by atoms with Gasteiger partial charge < -0.3 is 5.32 Å². The molecule has 1 rings (SSSR count). The minimum absolute atomic E-state index is 1.06. The van der Waals surface area contributed by atoms with Crippen LogP contribution in [0.4, 0.5) is 0 Å². The molecule has 72 valence electrons. The summed E-state index contributed by atoms with van der Waals surface area (Å²) in [6, 6.07) is 2.06. The minimum Gasteiger partial charge on any atom is -0.316 e. The van der Waals surface area contributed by atoms with Gasteiger partial charge in [0.1, 0.15) is 0 Å². The summed E-state index contributed by atoms with van der Waals surface area (Å²) in [4.78, 5) is 4.12. The van der Waals surface area contributed by atoms with Crippen LogP contribution in [0.25, 0.3) is 0 Å². The van der Waals surface area contributed by atoms with Gasteiger partial charge in [-0.2, -0.15) is 0 Å². The van der Waals surface area contributed by atoms with Crippen LogP contribution in [0.3, 0.4) is 0 Å². The Morgan fingerprint density at radius 1 is 1.38 bits per heavy atom. The van der Waals surface area contributed by atoms with E-state index in [2.05, 4.69) is 30.2 Å². The molecule has 0 bridgehead atoms. The summed E-state index contributed by atoms with van der Waals surface area (Å²) in [5, 5.41) is 3.38. The fourth-order valence-corrected chi connectivity index (χ4v) is 1.28. The second-order valence-corrected chi connectivity index (χ2v) is 3.30. The number of pyridine rings is 1. The van der Waals surface area contributed by atoms with E-state index in [1.54, 1.807) is 0 Å². The molecule has 0 saturated carbocycles. The number of aromatic nitrogens is 1. The predicted molar refractivity (Wildman–Crippen MR) is 55.8 cm³/mol. The molecule has 2 nitrogen and oxygen atoms in total. The van der Waals surface area contributed by atoms with Crippen LogP contribution in [0, 0.1) is 6.92 Å². The van der Waals surface area contributed by atoms with Crippen LogP contribution in [-0.4, -0.2) is 18.1 Å². The molecule has 0 spiro atoms. The number of rotatable bonds is 5. The molecule has 1 heterocycles. The van der Waals surface area contributed by atoms with Gasteiger partial charge in [0.25, 0.3) is 0 Å². The molecule has 1 aromatic heterocycles. The fourth-order valence-electron chi connectivity index (χ4n) is 1.28. The van der Waals surface area contributed by atoms with Gasteiger partial charge in [-0.1, -0.05) is 6.92 Å². The van der Waals surface area contributed by atoms with Crippen molar-refractivity contribution in [2.24, 2.45) is 0 Å². The largest absolute Gasteiger partial charge is 0.316 e. The van der Waals surface area contributed by atoms with Gasteiger partial charge in [-0.15, -0.1) is 0 Å². The Morgan fingerprint density at radius 3 is 2.92 bits per heavy atom. The van der Waals surface area contributed by atoms with E-state index in [1.807, 2.05) is 12.4 Å². The van der Waals surface area contributed by atoms with Crippen molar-refractivity contribution in [1.29, 1.82) is 0 Å². The standard InChI is InChI=1S/C11H18N2/c1-3-6-12-8-5-11-9-13-7-4-10(11)2/h4,7,9,12H,3,5-6,8H2,1-2H3. The summed E-state index contributed by atoms with van der Waals surface area (Å²) in [6.45, 7) is 6.48. The molecule has 1 aromatic rings. The summed E-state index contributed by atoms with van der Waals surface area (Å²) >= 11 is 0. The van der Waals surface area contributed by atoms with Crippen LogP contribution in [0.1, 0.15) is 24.5 Å². The second kappa shape index (κ2) is 5.70. The van der Waals surface area contributed by atoms with E-state index in [-0.39, 0.29) is 0 Å². The number of nitrogens with zero attached hydrogens (tertiary/aromatic N) is 1. The molecule has 0 saturated heterocycles. The highest BCUT2D eigenvalue weighted by Crippen LogP contribution is 2.04. The molecule has 0 aliphatic rings. The molecule has 0 aromatic carbocycles. The first-order valence-electron chi connectivity index (χ1n) is 4.94. The lowest BCUT2D eigenvalue weighted by Gasteiger charge is -2.05. The van der Waals surface area contributed by atoms with Gasteiger partial charge in [0.15, 0.2) is 0 Å². The van der Waals surface area contributed by atoms with Gasteiger partial charge >= 0.3 is 0 Å². The predicted octanol–water partition coefficient (Wildman–Crippen LogP) is 1.93.